The normalized spacial score (nSPS) is 25.0. The van der Waals surface area contributed by atoms with Crippen LogP contribution < -0.4 is 21.1 Å². The largest absolute Gasteiger partial charge is 0.493 e. The Morgan fingerprint density at radius 2 is 1.91 bits per heavy atom. The highest BCUT2D eigenvalue weighted by Gasteiger charge is 2.64. The molecule has 0 spiro atoms. The molecule has 178 valence electrons. The van der Waals surface area contributed by atoms with Gasteiger partial charge in [0, 0.05) is 23.4 Å². The highest BCUT2D eigenvalue weighted by molar-refractivity contribution is 5.98. The third-order valence-electron chi connectivity index (χ3n) is 6.06. The molecule has 0 radical (unpaired) electrons. The van der Waals surface area contributed by atoms with Crippen molar-refractivity contribution in [1.29, 1.82) is 0 Å². The van der Waals surface area contributed by atoms with Crippen LogP contribution in [0, 0.1) is 17.6 Å². The van der Waals surface area contributed by atoms with Crippen LogP contribution in [-0.2, 0) is 4.79 Å². The fraction of sp³-hybridized carbons (Fsp3) is 0.381. The molecule has 33 heavy (non-hydrogen) atoms. The number of aromatic nitrogens is 1. The van der Waals surface area contributed by atoms with Crippen LogP contribution in [0.2, 0.25) is 0 Å². The van der Waals surface area contributed by atoms with Gasteiger partial charge in [0.2, 0.25) is 11.7 Å². The Morgan fingerprint density at radius 1 is 1.24 bits per heavy atom. The van der Waals surface area contributed by atoms with Gasteiger partial charge in [-0.3, -0.25) is 19.9 Å². The van der Waals surface area contributed by atoms with Crippen molar-refractivity contribution in [3.63, 3.8) is 0 Å². The lowest BCUT2D eigenvalue weighted by atomic mass is 9.76. The molecule has 1 aliphatic rings. The summed E-state index contributed by atoms with van der Waals surface area (Å²) in [4.78, 5) is 28.2. The van der Waals surface area contributed by atoms with Crippen LogP contribution in [0.5, 0.6) is 5.75 Å². The monoisotopic (exact) mass is 472 g/mol. The van der Waals surface area contributed by atoms with Gasteiger partial charge < -0.3 is 15.8 Å². The number of benzene rings is 1. The Morgan fingerprint density at radius 3 is 2.48 bits per heavy atom. The summed E-state index contributed by atoms with van der Waals surface area (Å²) in [5.41, 5.74) is 2.42. The van der Waals surface area contributed by atoms with Crippen molar-refractivity contribution in [2.24, 2.45) is 11.7 Å². The molecule has 2 aromatic rings. The van der Waals surface area contributed by atoms with Crippen molar-refractivity contribution >= 4 is 17.5 Å². The minimum absolute atomic E-state index is 0.0647. The first-order chi connectivity index (χ1) is 15.3. The SMILES string of the molecule is COc1c([C@H]2[C@H](C(=O)Nc3ccnc(C(N)=O)c3)N[C@@](C)(C(F)(F)F)[C@H]2C)ccc(F)c1F. The fourth-order valence-corrected chi connectivity index (χ4v) is 4.09. The molecule has 2 heterocycles. The van der Waals surface area contributed by atoms with E-state index in [2.05, 4.69) is 15.6 Å². The summed E-state index contributed by atoms with van der Waals surface area (Å²) < 4.78 is 75.0. The summed E-state index contributed by atoms with van der Waals surface area (Å²) in [6.45, 7) is 2.15. The van der Waals surface area contributed by atoms with Crippen LogP contribution in [0.1, 0.15) is 35.8 Å². The molecule has 0 bridgehead atoms. The molecule has 4 atom stereocenters. The number of hydrogen-bond donors (Lipinski definition) is 3. The molecule has 1 fully saturated rings. The predicted molar refractivity (Wildman–Crippen MR) is 108 cm³/mol. The molecule has 3 rings (SSSR count). The average molecular weight is 472 g/mol. The number of methoxy groups -OCH3 is 1. The third-order valence-corrected chi connectivity index (χ3v) is 6.06. The van der Waals surface area contributed by atoms with E-state index >= 15 is 0 Å². The van der Waals surface area contributed by atoms with Crippen LogP contribution in [-0.4, -0.2) is 41.7 Å². The van der Waals surface area contributed by atoms with Gasteiger partial charge in [0.15, 0.2) is 11.6 Å². The number of hydrogen-bond acceptors (Lipinski definition) is 5. The van der Waals surface area contributed by atoms with E-state index in [4.69, 9.17) is 10.5 Å². The molecule has 2 amide bonds. The molecule has 1 aromatic carbocycles. The van der Waals surface area contributed by atoms with Gasteiger partial charge in [-0.2, -0.15) is 17.6 Å². The number of primary amides is 1. The number of rotatable bonds is 5. The topological polar surface area (TPSA) is 106 Å². The number of ether oxygens (including phenoxy) is 1. The van der Waals surface area contributed by atoms with Crippen LogP contribution in [0.15, 0.2) is 30.5 Å². The first kappa shape index (κ1) is 24.4. The summed E-state index contributed by atoms with van der Waals surface area (Å²) >= 11 is 0. The van der Waals surface area contributed by atoms with Crippen molar-refractivity contribution in [2.75, 3.05) is 12.4 Å². The zero-order valence-corrected chi connectivity index (χ0v) is 17.8. The molecule has 1 aromatic heterocycles. The van der Waals surface area contributed by atoms with Crippen molar-refractivity contribution in [3.8, 4) is 5.75 Å². The van der Waals surface area contributed by atoms with Gasteiger partial charge in [-0.1, -0.05) is 13.0 Å². The standard InChI is InChI=1S/C21H21F5N4O3/c1-9-14(11-4-5-12(22)15(23)17(11)33-3)16(30-20(9,2)21(24,25)26)19(32)29-10-6-7-28-13(8-10)18(27)31/h4-9,14,16,30H,1-3H3,(H2,27,31)(H,28,29,32)/t9-,14-,16+,20+/m0/s1. The van der Waals surface area contributed by atoms with E-state index in [1.165, 1.54) is 19.2 Å². The minimum Gasteiger partial charge on any atom is -0.493 e. The first-order valence-corrected chi connectivity index (χ1v) is 9.74. The molecule has 4 N–H and O–H groups in total. The van der Waals surface area contributed by atoms with Gasteiger partial charge in [-0.25, -0.2) is 4.39 Å². The van der Waals surface area contributed by atoms with Crippen molar-refractivity contribution < 1.29 is 36.3 Å². The number of carbonyl (C=O) groups excluding carboxylic acids is 2. The van der Waals surface area contributed by atoms with Gasteiger partial charge in [0.05, 0.1) is 13.2 Å². The number of nitrogens with one attached hydrogen (secondary N) is 2. The minimum atomic E-state index is -4.78. The smallest absolute Gasteiger partial charge is 0.406 e. The quantitative estimate of drug-likeness (QED) is 0.580. The molecule has 12 heteroatoms. The van der Waals surface area contributed by atoms with Gasteiger partial charge in [-0.15, -0.1) is 0 Å². The summed E-state index contributed by atoms with van der Waals surface area (Å²) in [5.74, 6) is -7.50. The number of alkyl halides is 3. The maximum absolute atomic E-state index is 14.4. The van der Waals surface area contributed by atoms with E-state index in [1.807, 2.05) is 0 Å². The zero-order chi connectivity index (χ0) is 24.7. The lowest BCUT2D eigenvalue weighted by molar-refractivity contribution is -0.198. The van der Waals surface area contributed by atoms with E-state index in [9.17, 15) is 31.5 Å². The predicted octanol–water partition coefficient (Wildman–Crippen LogP) is 3.12. The third kappa shape index (κ3) is 4.22. The van der Waals surface area contributed by atoms with Gasteiger partial charge >= 0.3 is 6.18 Å². The molecule has 0 unspecified atom stereocenters. The maximum Gasteiger partial charge on any atom is 0.406 e. The van der Waals surface area contributed by atoms with Crippen LogP contribution in [0.3, 0.4) is 0 Å². The fourth-order valence-electron chi connectivity index (χ4n) is 4.09. The van der Waals surface area contributed by atoms with Crippen molar-refractivity contribution in [1.82, 2.24) is 10.3 Å². The Kier molecular flexibility index (Phi) is 6.33. The van der Waals surface area contributed by atoms with E-state index in [0.717, 1.165) is 32.2 Å². The van der Waals surface area contributed by atoms with Crippen molar-refractivity contribution in [3.05, 3.63) is 53.4 Å². The second-order valence-electron chi connectivity index (χ2n) is 7.90. The molecule has 1 aliphatic heterocycles. The number of halogens is 5. The number of amides is 2. The Balaban J connectivity index is 2.07. The highest BCUT2D eigenvalue weighted by Crippen LogP contribution is 2.51. The van der Waals surface area contributed by atoms with Gasteiger partial charge in [0.25, 0.3) is 5.91 Å². The Hall–Kier alpha value is -3.28. The first-order valence-electron chi connectivity index (χ1n) is 9.74. The van der Waals surface area contributed by atoms with E-state index < -0.39 is 58.8 Å². The number of pyridine rings is 1. The number of anilines is 1. The molecular formula is C21H21F5N4O3. The molecule has 0 saturated carbocycles. The highest BCUT2D eigenvalue weighted by atomic mass is 19.4. The van der Waals surface area contributed by atoms with E-state index in [-0.39, 0.29) is 16.9 Å². The zero-order valence-electron chi connectivity index (χ0n) is 17.8. The molecule has 1 saturated heterocycles. The summed E-state index contributed by atoms with van der Waals surface area (Å²) in [7, 11) is 1.05. The lowest BCUT2D eigenvalue weighted by Gasteiger charge is -2.33. The van der Waals surface area contributed by atoms with Crippen LogP contribution in [0.25, 0.3) is 0 Å². The summed E-state index contributed by atoms with van der Waals surface area (Å²) in [6, 6.07) is 2.82. The summed E-state index contributed by atoms with van der Waals surface area (Å²) in [5, 5.41) is 4.76. The molecule has 0 aliphatic carbocycles. The second kappa shape index (κ2) is 8.58. The van der Waals surface area contributed by atoms with Crippen LogP contribution in [0.4, 0.5) is 27.6 Å². The summed E-state index contributed by atoms with van der Waals surface area (Å²) in [6.07, 6.45) is -3.59. The van der Waals surface area contributed by atoms with Gasteiger partial charge in [-0.05, 0) is 31.0 Å². The number of nitrogens with two attached hydrogens (primary N) is 1. The average Bonchev–Trinajstić information content (AvgIpc) is 3.02. The van der Waals surface area contributed by atoms with E-state index in [1.54, 1.807) is 0 Å². The number of carbonyl (C=O) groups is 2. The van der Waals surface area contributed by atoms with Gasteiger partial charge in [0.1, 0.15) is 11.2 Å². The van der Waals surface area contributed by atoms with Crippen LogP contribution >= 0.6 is 0 Å². The van der Waals surface area contributed by atoms with E-state index in [0.29, 0.717) is 0 Å². The molecular weight excluding hydrogens is 451 g/mol. The Labute approximate surface area is 185 Å². The second-order valence-corrected chi connectivity index (χ2v) is 7.90. The maximum atomic E-state index is 14.4. The lowest BCUT2D eigenvalue weighted by Crippen LogP contribution is -2.56. The number of nitrogens with zero attached hydrogens (tertiary/aromatic N) is 1. The Bertz CT molecular complexity index is 1090. The van der Waals surface area contributed by atoms with Crippen molar-refractivity contribution in [2.45, 2.75) is 37.5 Å². The molecule has 7 nitrogen and oxygen atoms in total.